The molecule has 1 amide bonds. The SMILES string of the molecule is CC(CC#N)N(C)C(=O)c1ccc(C#N)cc1. The summed E-state index contributed by atoms with van der Waals surface area (Å²) >= 11 is 0. The first kappa shape index (κ1) is 12.7. The monoisotopic (exact) mass is 227 g/mol. The number of carbonyl (C=O) groups is 1. The lowest BCUT2D eigenvalue weighted by atomic mass is 10.1. The van der Waals surface area contributed by atoms with E-state index in [1.54, 1.807) is 31.3 Å². The van der Waals surface area contributed by atoms with Gasteiger partial charge in [-0.3, -0.25) is 4.79 Å². The summed E-state index contributed by atoms with van der Waals surface area (Å²) in [7, 11) is 1.67. The maximum absolute atomic E-state index is 12.0. The number of amides is 1. The number of carbonyl (C=O) groups excluding carboxylic acids is 1. The van der Waals surface area contributed by atoms with E-state index in [9.17, 15) is 4.79 Å². The second-order valence-electron chi connectivity index (χ2n) is 3.82. The summed E-state index contributed by atoms with van der Waals surface area (Å²) < 4.78 is 0. The summed E-state index contributed by atoms with van der Waals surface area (Å²) in [5.74, 6) is -0.141. The van der Waals surface area contributed by atoms with Gasteiger partial charge in [-0.05, 0) is 31.2 Å². The molecule has 0 N–H and O–H groups in total. The zero-order valence-corrected chi connectivity index (χ0v) is 9.84. The third kappa shape index (κ3) is 3.06. The van der Waals surface area contributed by atoms with E-state index in [0.29, 0.717) is 17.5 Å². The molecule has 86 valence electrons. The van der Waals surface area contributed by atoms with Gasteiger partial charge in [0.25, 0.3) is 5.91 Å². The number of benzene rings is 1. The van der Waals surface area contributed by atoms with Gasteiger partial charge in [0.05, 0.1) is 24.1 Å². The molecule has 1 atom stereocenters. The number of hydrogen-bond acceptors (Lipinski definition) is 3. The van der Waals surface area contributed by atoms with Crippen molar-refractivity contribution < 1.29 is 4.79 Å². The molecule has 1 aromatic carbocycles. The molecular formula is C13H13N3O. The Hall–Kier alpha value is -2.33. The Morgan fingerprint density at radius 2 is 1.94 bits per heavy atom. The lowest BCUT2D eigenvalue weighted by molar-refractivity contribution is 0.0746. The molecule has 0 saturated heterocycles. The van der Waals surface area contributed by atoms with Crippen molar-refractivity contribution in [2.75, 3.05) is 7.05 Å². The summed E-state index contributed by atoms with van der Waals surface area (Å²) in [6.45, 7) is 1.82. The maximum atomic E-state index is 12.0. The lowest BCUT2D eigenvalue weighted by Gasteiger charge is -2.22. The van der Waals surface area contributed by atoms with Crippen molar-refractivity contribution in [3.05, 3.63) is 35.4 Å². The number of nitriles is 2. The lowest BCUT2D eigenvalue weighted by Crippen LogP contribution is -2.34. The highest BCUT2D eigenvalue weighted by Gasteiger charge is 2.16. The van der Waals surface area contributed by atoms with Gasteiger partial charge < -0.3 is 4.90 Å². The standard InChI is InChI=1S/C13H13N3O/c1-10(7-8-14)16(2)13(17)12-5-3-11(9-15)4-6-12/h3-6,10H,7H2,1-2H3. The van der Waals surface area contributed by atoms with Gasteiger partial charge in [-0.1, -0.05) is 0 Å². The van der Waals surface area contributed by atoms with Crippen LogP contribution in [-0.2, 0) is 0 Å². The van der Waals surface area contributed by atoms with E-state index >= 15 is 0 Å². The van der Waals surface area contributed by atoms with E-state index in [2.05, 4.69) is 0 Å². The molecule has 0 aliphatic rings. The normalized spacial score (nSPS) is 11.1. The van der Waals surface area contributed by atoms with Gasteiger partial charge in [-0.2, -0.15) is 10.5 Å². The molecule has 1 unspecified atom stereocenters. The van der Waals surface area contributed by atoms with Crippen LogP contribution in [0.2, 0.25) is 0 Å². The molecule has 0 saturated carbocycles. The highest BCUT2D eigenvalue weighted by Crippen LogP contribution is 2.09. The van der Waals surface area contributed by atoms with Crippen molar-refractivity contribution in [1.29, 1.82) is 10.5 Å². The molecule has 4 heteroatoms. The van der Waals surface area contributed by atoms with E-state index in [0.717, 1.165) is 0 Å². The fourth-order valence-electron chi connectivity index (χ4n) is 1.36. The van der Waals surface area contributed by atoms with Crippen molar-refractivity contribution in [2.24, 2.45) is 0 Å². The predicted molar refractivity (Wildman–Crippen MR) is 62.9 cm³/mol. The minimum Gasteiger partial charge on any atom is -0.338 e. The van der Waals surface area contributed by atoms with Crippen LogP contribution in [0.15, 0.2) is 24.3 Å². The summed E-state index contributed by atoms with van der Waals surface area (Å²) in [5, 5.41) is 17.2. The first-order chi connectivity index (χ1) is 8.10. The van der Waals surface area contributed by atoms with Crippen LogP contribution >= 0.6 is 0 Å². The van der Waals surface area contributed by atoms with Crippen LogP contribution in [0.3, 0.4) is 0 Å². The van der Waals surface area contributed by atoms with Crippen LogP contribution in [0.5, 0.6) is 0 Å². The Balaban J connectivity index is 2.82. The van der Waals surface area contributed by atoms with E-state index in [-0.39, 0.29) is 11.9 Å². The van der Waals surface area contributed by atoms with Crippen molar-refractivity contribution in [3.8, 4) is 12.1 Å². The summed E-state index contributed by atoms with van der Waals surface area (Å²) in [4.78, 5) is 13.5. The molecule has 0 aliphatic carbocycles. The molecule has 4 nitrogen and oxygen atoms in total. The molecule has 1 aromatic rings. The van der Waals surface area contributed by atoms with Crippen LogP contribution < -0.4 is 0 Å². The molecule has 0 aliphatic heterocycles. The highest BCUT2D eigenvalue weighted by molar-refractivity contribution is 5.94. The molecule has 0 aromatic heterocycles. The topological polar surface area (TPSA) is 67.9 Å². The smallest absolute Gasteiger partial charge is 0.253 e. The molecule has 0 spiro atoms. The van der Waals surface area contributed by atoms with Gasteiger partial charge in [-0.15, -0.1) is 0 Å². The molecule has 0 fully saturated rings. The molecule has 1 rings (SSSR count). The Kier molecular flexibility index (Phi) is 4.25. The molecule has 0 heterocycles. The minimum atomic E-state index is -0.141. The third-order valence-electron chi connectivity index (χ3n) is 2.63. The highest BCUT2D eigenvalue weighted by atomic mass is 16.2. The Morgan fingerprint density at radius 1 is 1.35 bits per heavy atom. The zero-order valence-electron chi connectivity index (χ0n) is 9.84. The second kappa shape index (κ2) is 5.67. The molecule has 17 heavy (non-hydrogen) atoms. The van der Waals surface area contributed by atoms with E-state index in [1.165, 1.54) is 4.90 Å². The van der Waals surface area contributed by atoms with Crippen LogP contribution in [0.1, 0.15) is 29.3 Å². The summed E-state index contributed by atoms with van der Waals surface area (Å²) in [6, 6.07) is 10.4. The molecule has 0 radical (unpaired) electrons. The first-order valence-electron chi connectivity index (χ1n) is 5.24. The van der Waals surface area contributed by atoms with Gasteiger partial charge in [0.15, 0.2) is 0 Å². The molecule has 0 bridgehead atoms. The van der Waals surface area contributed by atoms with Gasteiger partial charge in [0.1, 0.15) is 0 Å². The van der Waals surface area contributed by atoms with Crippen LogP contribution in [0.4, 0.5) is 0 Å². The fraction of sp³-hybridized carbons (Fsp3) is 0.308. The Morgan fingerprint density at radius 3 is 2.41 bits per heavy atom. The predicted octanol–water partition coefficient (Wildman–Crippen LogP) is 1.93. The first-order valence-corrected chi connectivity index (χ1v) is 5.24. The van der Waals surface area contributed by atoms with Crippen molar-refractivity contribution >= 4 is 5.91 Å². The minimum absolute atomic E-state index is 0.122. The number of hydrogen-bond donors (Lipinski definition) is 0. The van der Waals surface area contributed by atoms with Crippen LogP contribution in [0, 0.1) is 22.7 Å². The van der Waals surface area contributed by atoms with Crippen molar-refractivity contribution in [1.82, 2.24) is 4.90 Å². The van der Waals surface area contributed by atoms with E-state index in [1.807, 2.05) is 19.1 Å². The summed E-state index contributed by atoms with van der Waals surface area (Å²) in [6.07, 6.45) is 0.304. The van der Waals surface area contributed by atoms with Crippen LogP contribution in [-0.4, -0.2) is 23.9 Å². The van der Waals surface area contributed by atoms with Gasteiger partial charge >= 0.3 is 0 Å². The second-order valence-corrected chi connectivity index (χ2v) is 3.82. The maximum Gasteiger partial charge on any atom is 0.253 e. The fourth-order valence-corrected chi connectivity index (χ4v) is 1.36. The summed E-state index contributed by atoms with van der Waals surface area (Å²) in [5.41, 5.74) is 1.05. The zero-order chi connectivity index (χ0) is 12.8. The van der Waals surface area contributed by atoms with Crippen LogP contribution in [0.25, 0.3) is 0 Å². The number of rotatable bonds is 3. The van der Waals surface area contributed by atoms with Gasteiger partial charge in [0, 0.05) is 18.7 Å². The van der Waals surface area contributed by atoms with E-state index < -0.39 is 0 Å². The third-order valence-corrected chi connectivity index (χ3v) is 2.63. The van der Waals surface area contributed by atoms with Gasteiger partial charge in [-0.25, -0.2) is 0 Å². The Bertz CT molecular complexity index is 479. The molecular weight excluding hydrogens is 214 g/mol. The number of nitrogens with zero attached hydrogens (tertiary/aromatic N) is 3. The average Bonchev–Trinajstić information content (AvgIpc) is 2.37. The van der Waals surface area contributed by atoms with E-state index in [4.69, 9.17) is 10.5 Å². The van der Waals surface area contributed by atoms with Gasteiger partial charge in [0.2, 0.25) is 0 Å². The Labute approximate surface area is 101 Å². The largest absolute Gasteiger partial charge is 0.338 e. The quantitative estimate of drug-likeness (QED) is 0.792. The van der Waals surface area contributed by atoms with Crippen molar-refractivity contribution in [3.63, 3.8) is 0 Å². The average molecular weight is 227 g/mol. The van der Waals surface area contributed by atoms with Crippen molar-refractivity contribution in [2.45, 2.75) is 19.4 Å².